The molecule has 0 aliphatic carbocycles. The first kappa shape index (κ1) is 19.9. The third-order valence-electron chi connectivity index (χ3n) is 3.48. The van der Waals surface area contributed by atoms with E-state index >= 15 is 0 Å². The van der Waals surface area contributed by atoms with E-state index in [1.54, 1.807) is 17.2 Å². The number of nitrogens with zero attached hydrogens (tertiary/aromatic N) is 2. The molecule has 2 heterocycles. The molecule has 10 heteroatoms. The highest BCUT2D eigenvalue weighted by molar-refractivity contribution is 9.10. The molecule has 0 aliphatic heterocycles. The number of hydrogen-bond donors (Lipinski definition) is 1. The van der Waals surface area contributed by atoms with E-state index in [9.17, 15) is 13.2 Å². The molecule has 0 aromatic carbocycles. The van der Waals surface area contributed by atoms with Gasteiger partial charge in [-0.25, -0.2) is 13.1 Å². The minimum Gasteiger partial charge on any atom is -0.336 e. The summed E-state index contributed by atoms with van der Waals surface area (Å²) in [6.07, 6.45) is 0. The number of aryl methyl sites for hydroxylation is 1. The number of anilines is 1. The van der Waals surface area contributed by atoms with Gasteiger partial charge in [-0.2, -0.15) is 0 Å². The molecule has 0 fully saturated rings. The first-order valence-electron chi connectivity index (χ1n) is 7.61. The molecule has 0 saturated carbocycles. The van der Waals surface area contributed by atoms with Gasteiger partial charge in [0.15, 0.2) is 0 Å². The number of thiophene rings is 1. The average molecular weight is 450 g/mol. The van der Waals surface area contributed by atoms with Crippen LogP contribution in [0.4, 0.5) is 5.88 Å². The zero-order valence-electron chi connectivity index (χ0n) is 14.5. The predicted molar refractivity (Wildman–Crippen MR) is 101 cm³/mol. The van der Waals surface area contributed by atoms with Crippen LogP contribution in [0.1, 0.15) is 43.1 Å². The number of amides is 1. The third kappa shape index (κ3) is 4.06. The van der Waals surface area contributed by atoms with Crippen LogP contribution in [0.25, 0.3) is 0 Å². The summed E-state index contributed by atoms with van der Waals surface area (Å²) < 4.78 is 33.2. The highest BCUT2D eigenvalue weighted by atomic mass is 79.9. The number of sulfonamides is 1. The molecule has 0 atom stereocenters. The second-order valence-corrected chi connectivity index (χ2v) is 9.39. The quantitative estimate of drug-likeness (QED) is 0.722. The van der Waals surface area contributed by atoms with Crippen molar-refractivity contribution < 1.29 is 17.7 Å². The van der Waals surface area contributed by atoms with E-state index in [1.807, 2.05) is 27.7 Å². The van der Waals surface area contributed by atoms with E-state index in [4.69, 9.17) is 4.52 Å². The smallest absolute Gasteiger partial charge is 0.265 e. The fourth-order valence-electron chi connectivity index (χ4n) is 2.45. The van der Waals surface area contributed by atoms with Crippen molar-refractivity contribution in [1.82, 2.24) is 10.1 Å². The van der Waals surface area contributed by atoms with Gasteiger partial charge >= 0.3 is 0 Å². The van der Waals surface area contributed by atoms with Crippen LogP contribution in [0, 0.1) is 6.92 Å². The first-order valence-corrected chi connectivity index (χ1v) is 10.8. The van der Waals surface area contributed by atoms with E-state index in [0.717, 1.165) is 11.3 Å². The van der Waals surface area contributed by atoms with Crippen LogP contribution < -0.4 is 4.72 Å². The molecule has 7 nitrogen and oxygen atoms in total. The van der Waals surface area contributed by atoms with Crippen LogP contribution in [0.2, 0.25) is 0 Å². The van der Waals surface area contributed by atoms with Crippen molar-refractivity contribution in [1.29, 1.82) is 0 Å². The molecular weight excluding hydrogens is 430 g/mol. The van der Waals surface area contributed by atoms with Crippen molar-refractivity contribution in [2.75, 3.05) is 4.72 Å². The topological polar surface area (TPSA) is 92.5 Å². The van der Waals surface area contributed by atoms with Crippen LogP contribution in [0.3, 0.4) is 0 Å². The molecule has 0 spiro atoms. The zero-order chi connectivity index (χ0) is 18.9. The van der Waals surface area contributed by atoms with Gasteiger partial charge in [0, 0.05) is 12.1 Å². The van der Waals surface area contributed by atoms with Crippen LogP contribution >= 0.6 is 27.3 Å². The second kappa shape index (κ2) is 7.46. The maximum absolute atomic E-state index is 12.9. The van der Waals surface area contributed by atoms with Crippen molar-refractivity contribution >= 4 is 49.1 Å². The van der Waals surface area contributed by atoms with Crippen molar-refractivity contribution in [2.24, 2.45) is 0 Å². The van der Waals surface area contributed by atoms with Crippen LogP contribution in [-0.4, -0.2) is 36.5 Å². The Kier molecular flexibility index (Phi) is 5.95. The fraction of sp³-hybridized carbons (Fsp3) is 0.467. The van der Waals surface area contributed by atoms with Gasteiger partial charge < -0.3 is 9.42 Å². The molecular formula is C15H20BrN3O4S2. The Bertz CT molecular complexity index is 863. The maximum atomic E-state index is 12.9. The van der Waals surface area contributed by atoms with Crippen molar-refractivity contribution in [3.63, 3.8) is 0 Å². The zero-order valence-corrected chi connectivity index (χ0v) is 17.8. The van der Waals surface area contributed by atoms with Crippen LogP contribution in [0.5, 0.6) is 0 Å². The Morgan fingerprint density at radius 2 is 1.92 bits per heavy atom. The van der Waals surface area contributed by atoms with Gasteiger partial charge in [0.2, 0.25) is 0 Å². The van der Waals surface area contributed by atoms with Crippen molar-refractivity contribution in [2.45, 2.75) is 51.6 Å². The monoisotopic (exact) mass is 449 g/mol. The van der Waals surface area contributed by atoms with Crippen molar-refractivity contribution in [3.05, 3.63) is 26.5 Å². The highest BCUT2D eigenvalue weighted by Crippen LogP contribution is 2.31. The summed E-state index contributed by atoms with van der Waals surface area (Å²) in [5.41, 5.74) is 0.519. The molecule has 0 bridgehead atoms. The number of aromatic nitrogens is 1. The van der Waals surface area contributed by atoms with Crippen LogP contribution in [-0.2, 0) is 10.0 Å². The van der Waals surface area contributed by atoms with E-state index in [2.05, 4.69) is 25.8 Å². The molecule has 0 radical (unpaired) electrons. The summed E-state index contributed by atoms with van der Waals surface area (Å²) in [7, 11) is -3.99. The summed E-state index contributed by atoms with van der Waals surface area (Å²) in [6, 6.07) is 1.31. The lowest BCUT2D eigenvalue weighted by Gasteiger charge is -2.30. The van der Waals surface area contributed by atoms with E-state index in [-0.39, 0.29) is 33.6 Å². The maximum Gasteiger partial charge on any atom is 0.265 e. The number of rotatable bonds is 6. The summed E-state index contributed by atoms with van der Waals surface area (Å²) in [5.74, 6) is -0.333. The molecule has 0 saturated heterocycles. The summed E-state index contributed by atoms with van der Waals surface area (Å²) in [5, 5.41) is 5.28. The predicted octanol–water partition coefficient (Wildman–Crippen LogP) is 3.87. The lowest BCUT2D eigenvalue weighted by atomic mass is 10.2. The number of carbonyl (C=O) groups excluding carboxylic acids is 1. The molecule has 1 N–H and O–H groups in total. The Morgan fingerprint density at radius 3 is 2.40 bits per heavy atom. The van der Waals surface area contributed by atoms with E-state index < -0.39 is 10.0 Å². The number of carbonyl (C=O) groups is 1. The standard InChI is InChI=1S/C15H20BrN3O4S2/c1-8(2)19(9(3)4)15(20)13-11(6-7-24-13)25(21,22)18-14-12(16)10(5)17-23-14/h6-9,18H,1-5H3. The van der Waals surface area contributed by atoms with Gasteiger partial charge in [0.1, 0.15) is 14.2 Å². The Labute approximate surface area is 159 Å². The molecule has 1 amide bonds. The normalized spacial score (nSPS) is 12.0. The average Bonchev–Trinajstić information content (AvgIpc) is 3.09. The van der Waals surface area contributed by atoms with Crippen molar-refractivity contribution in [3.8, 4) is 0 Å². The van der Waals surface area contributed by atoms with E-state index in [0.29, 0.717) is 10.2 Å². The molecule has 138 valence electrons. The van der Waals surface area contributed by atoms with Gasteiger partial charge in [-0.05, 0) is 62.0 Å². The highest BCUT2D eigenvalue weighted by Gasteiger charge is 2.30. The first-order chi connectivity index (χ1) is 11.6. The minimum absolute atomic E-state index is 0.0216. The minimum atomic E-state index is -3.99. The Morgan fingerprint density at radius 1 is 1.32 bits per heavy atom. The lowest BCUT2D eigenvalue weighted by Crippen LogP contribution is -2.42. The largest absolute Gasteiger partial charge is 0.336 e. The SMILES string of the molecule is Cc1noc(NS(=O)(=O)c2ccsc2C(=O)N(C(C)C)C(C)C)c1Br. The summed E-state index contributed by atoms with van der Waals surface area (Å²) >= 11 is 4.32. The molecule has 0 aliphatic rings. The number of nitrogens with one attached hydrogen (secondary N) is 1. The summed E-state index contributed by atoms with van der Waals surface area (Å²) in [4.78, 5) is 14.6. The third-order valence-corrected chi connectivity index (χ3v) is 6.82. The number of hydrogen-bond acceptors (Lipinski definition) is 6. The van der Waals surface area contributed by atoms with Gasteiger partial charge in [-0.15, -0.1) is 11.3 Å². The van der Waals surface area contributed by atoms with Gasteiger partial charge in [0.05, 0.1) is 5.69 Å². The fourth-order valence-corrected chi connectivity index (χ4v) is 5.18. The van der Waals surface area contributed by atoms with Gasteiger partial charge in [-0.3, -0.25) is 4.79 Å². The molecule has 0 unspecified atom stereocenters. The molecule has 2 rings (SSSR count). The van der Waals surface area contributed by atoms with Gasteiger partial charge in [-0.1, -0.05) is 5.16 Å². The lowest BCUT2D eigenvalue weighted by molar-refractivity contribution is 0.0645. The molecule has 25 heavy (non-hydrogen) atoms. The second-order valence-electron chi connectivity index (χ2n) is 6.03. The van der Waals surface area contributed by atoms with Gasteiger partial charge in [0.25, 0.3) is 21.8 Å². The Hall–Kier alpha value is -1.39. The molecule has 2 aromatic heterocycles. The number of halogens is 1. The van der Waals surface area contributed by atoms with Crippen LogP contribution in [0.15, 0.2) is 25.3 Å². The Balaban J connectivity index is 2.40. The summed E-state index contributed by atoms with van der Waals surface area (Å²) in [6.45, 7) is 9.26. The molecule has 2 aromatic rings. The van der Waals surface area contributed by atoms with E-state index in [1.165, 1.54) is 6.07 Å².